The molecule has 9 heteroatoms. The Labute approximate surface area is 263 Å². The van der Waals surface area contributed by atoms with E-state index >= 15 is 0 Å². The number of carboxylic acids is 1. The number of amides is 1. The Morgan fingerprint density at radius 1 is 1.05 bits per heavy atom. The number of fused-ring (bicyclic) bond motifs is 2. The van der Waals surface area contributed by atoms with Gasteiger partial charge in [0, 0.05) is 69.5 Å². The van der Waals surface area contributed by atoms with Crippen LogP contribution in [-0.2, 0) is 27.8 Å². The summed E-state index contributed by atoms with van der Waals surface area (Å²) < 4.78 is 0. The third-order valence-corrected chi connectivity index (χ3v) is 6.97. The molecule has 2 aliphatic carbocycles. The number of hydrogen-bond acceptors (Lipinski definition) is 6. The molecular formula is C35H51N5O4. The Morgan fingerprint density at radius 2 is 1.55 bits per heavy atom. The van der Waals surface area contributed by atoms with Gasteiger partial charge in [0.25, 0.3) is 5.97 Å². The van der Waals surface area contributed by atoms with Crippen LogP contribution in [0.1, 0.15) is 95.3 Å². The summed E-state index contributed by atoms with van der Waals surface area (Å²) in [6.07, 6.45) is 14.1. The second-order valence-electron chi connectivity index (χ2n) is 13.0. The minimum Gasteiger partial charge on any atom is -0.481 e. The summed E-state index contributed by atoms with van der Waals surface area (Å²) >= 11 is 0. The van der Waals surface area contributed by atoms with Crippen LogP contribution in [0, 0.1) is 18.4 Å². The highest BCUT2D eigenvalue weighted by atomic mass is 16.4. The molecular weight excluding hydrogens is 554 g/mol. The number of carbonyl (C=O) groups excluding carboxylic acids is 2. The predicted octanol–water partition coefficient (Wildman–Crippen LogP) is 6.97. The van der Waals surface area contributed by atoms with E-state index in [1.165, 1.54) is 5.56 Å². The van der Waals surface area contributed by atoms with Gasteiger partial charge < -0.3 is 21.4 Å². The van der Waals surface area contributed by atoms with Gasteiger partial charge in [0.05, 0.1) is 5.41 Å². The molecule has 0 bridgehead atoms. The first-order valence-corrected chi connectivity index (χ1v) is 14.4. The second kappa shape index (κ2) is 17.2. The van der Waals surface area contributed by atoms with E-state index in [1.807, 2.05) is 78.9 Å². The summed E-state index contributed by atoms with van der Waals surface area (Å²) in [5.74, 6) is -0.162. The van der Waals surface area contributed by atoms with Crippen molar-refractivity contribution in [3.05, 3.63) is 95.9 Å². The first kappa shape index (κ1) is 39.8. The van der Waals surface area contributed by atoms with E-state index in [-0.39, 0.29) is 40.8 Å². The molecule has 2 aromatic heterocycles. The summed E-state index contributed by atoms with van der Waals surface area (Å²) in [7, 11) is 0. The maximum Gasteiger partial charge on any atom is 0.300 e. The summed E-state index contributed by atoms with van der Waals surface area (Å²) in [6.45, 7) is 28.8. The van der Waals surface area contributed by atoms with Crippen LogP contribution in [0.25, 0.3) is 4.85 Å². The van der Waals surface area contributed by atoms with Gasteiger partial charge in [-0.1, -0.05) is 12.2 Å². The Bertz CT molecular complexity index is 1330. The normalized spacial score (nSPS) is 19.3. The van der Waals surface area contributed by atoms with Gasteiger partial charge in [-0.2, -0.15) is 0 Å². The van der Waals surface area contributed by atoms with Crippen molar-refractivity contribution in [1.82, 2.24) is 21.4 Å². The smallest absolute Gasteiger partial charge is 0.300 e. The predicted molar refractivity (Wildman–Crippen MR) is 177 cm³/mol. The highest BCUT2D eigenvalue weighted by Crippen LogP contribution is 2.45. The number of nitrogens with zero attached hydrogens (tertiary/aromatic N) is 3. The molecule has 240 valence electrons. The zero-order valence-electron chi connectivity index (χ0n) is 27.7. The first-order chi connectivity index (χ1) is 19.9. The zero-order valence-corrected chi connectivity index (χ0v) is 27.7. The minimum atomic E-state index is -0.833. The average Bonchev–Trinajstić information content (AvgIpc) is 3.38. The molecule has 1 amide bonds. The Balaban J connectivity index is 0.000000659. The second-order valence-corrected chi connectivity index (χ2v) is 13.0. The molecule has 2 aliphatic rings. The molecule has 0 radical (unpaired) electrons. The minimum absolute atomic E-state index is 0. The van der Waals surface area contributed by atoms with Crippen molar-refractivity contribution in [2.24, 2.45) is 11.8 Å². The first-order valence-electron chi connectivity index (χ1n) is 14.4. The van der Waals surface area contributed by atoms with E-state index in [9.17, 15) is 9.59 Å². The van der Waals surface area contributed by atoms with Gasteiger partial charge in [-0.25, -0.2) is 6.57 Å². The molecule has 0 aromatic carbocycles. The molecule has 0 fully saturated rings. The maximum absolute atomic E-state index is 12.9. The van der Waals surface area contributed by atoms with Gasteiger partial charge in [-0.3, -0.25) is 24.4 Å². The summed E-state index contributed by atoms with van der Waals surface area (Å²) in [5, 5.41) is 10.5. The Hall–Kier alpha value is -4.16. The number of ketones is 1. The van der Waals surface area contributed by atoms with Crippen molar-refractivity contribution in [3.63, 3.8) is 0 Å². The number of Topliss-reactive ketones (excluding diaryl/α,β-unsaturated/α-hetero) is 1. The number of nitrogens with one attached hydrogen (secondary N) is 1. The molecule has 9 nitrogen and oxygen atoms in total. The molecule has 0 aliphatic heterocycles. The van der Waals surface area contributed by atoms with Crippen LogP contribution in [0.15, 0.2) is 62.2 Å². The number of hydrogen-bond donors (Lipinski definition) is 3. The highest BCUT2D eigenvalue weighted by molar-refractivity contribution is 6.02. The molecule has 5 N–H and O–H groups in total. The van der Waals surface area contributed by atoms with Crippen LogP contribution >= 0.6 is 0 Å². The topological polar surface area (TPSA) is 149 Å². The molecule has 0 saturated carbocycles. The molecule has 44 heavy (non-hydrogen) atoms. The number of pyridine rings is 2. The van der Waals surface area contributed by atoms with E-state index in [2.05, 4.69) is 33.3 Å². The number of carbonyl (C=O) groups is 3. The monoisotopic (exact) mass is 605 g/mol. The average molecular weight is 606 g/mol. The summed E-state index contributed by atoms with van der Waals surface area (Å²) in [5.41, 5.74) is 3.31. The fourth-order valence-electron chi connectivity index (χ4n) is 4.85. The molecule has 3 atom stereocenters. The fourth-order valence-corrected chi connectivity index (χ4v) is 4.85. The van der Waals surface area contributed by atoms with Crippen molar-refractivity contribution in [2.45, 2.75) is 97.6 Å². The fraction of sp³-hybridized carbons (Fsp3) is 0.486. The lowest BCUT2D eigenvalue weighted by Gasteiger charge is -2.34. The third kappa shape index (κ3) is 11.8. The van der Waals surface area contributed by atoms with Crippen LogP contribution < -0.4 is 11.5 Å². The number of aliphatic carboxylic acids is 1. The number of carboxylic acid groups (broad SMARTS) is 1. The molecule has 4 rings (SSSR count). The van der Waals surface area contributed by atoms with Crippen molar-refractivity contribution in [3.8, 4) is 0 Å². The molecule has 2 heterocycles. The number of rotatable bonds is 5. The Kier molecular flexibility index (Phi) is 15.6. The molecule has 2 aromatic rings. The van der Waals surface area contributed by atoms with E-state index in [0.717, 1.165) is 49.3 Å². The van der Waals surface area contributed by atoms with E-state index in [0.29, 0.717) is 0 Å². The SMILES string of the molecule is C=CCC1Cc2ccncc2C1(C)C(=O)NC(C)(C)C.C=CCC1Cc2ccncc2C1=O.CC(=O)O.N.[C-]#[N+]C(C)(C)C. The van der Waals surface area contributed by atoms with Crippen LogP contribution in [0.4, 0.5) is 0 Å². The maximum atomic E-state index is 12.9. The van der Waals surface area contributed by atoms with Crippen LogP contribution in [0.3, 0.4) is 0 Å². The van der Waals surface area contributed by atoms with Crippen molar-refractivity contribution in [2.75, 3.05) is 0 Å². The van der Waals surface area contributed by atoms with Crippen LogP contribution in [0.2, 0.25) is 0 Å². The van der Waals surface area contributed by atoms with Gasteiger partial charge in [0.1, 0.15) is 0 Å². The van der Waals surface area contributed by atoms with Gasteiger partial charge in [0.15, 0.2) is 5.78 Å². The largest absolute Gasteiger partial charge is 0.481 e. The van der Waals surface area contributed by atoms with Gasteiger partial charge in [0.2, 0.25) is 11.4 Å². The van der Waals surface area contributed by atoms with E-state index < -0.39 is 11.4 Å². The summed E-state index contributed by atoms with van der Waals surface area (Å²) in [6, 6.07) is 3.96. The number of allylic oxidation sites excluding steroid dienone is 2. The standard InChI is InChI=1S/C17H24N2O.C11H11NO.C5H9N.C2H4O2.H3N/c1-6-7-13-10-12-8-9-18-11-14(12)17(13,5)15(20)19-16(2,3)4;1-2-3-9-6-8-4-5-12-7-10(8)11(9)13;1-5(2,3)6-4;1-2(3)4;/h6,8-9,11,13H,1,7,10H2,2-5H3,(H,19,20);2,4-5,7,9H,1,3,6H2;1-3H3;1H3,(H,3,4);1H3. The molecule has 3 unspecified atom stereocenters. The van der Waals surface area contributed by atoms with Gasteiger partial charge in [-0.15, -0.1) is 13.2 Å². The van der Waals surface area contributed by atoms with E-state index in [4.69, 9.17) is 16.5 Å². The lowest BCUT2D eigenvalue weighted by atomic mass is 9.74. The lowest BCUT2D eigenvalue weighted by Crippen LogP contribution is -2.51. The van der Waals surface area contributed by atoms with Crippen LogP contribution in [0.5, 0.6) is 0 Å². The highest BCUT2D eigenvalue weighted by Gasteiger charge is 2.48. The molecule has 0 spiro atoms. The quantitative estimate of drug-likeness (QED) is 0.246. The van der Waals surface area contributed by atoms with Crippen molar-refractivity contribution < 1.29 is 19.5 Å². The Morgan fingerprint density at radius 3 is 2.00 bits per heavy atom. The lowest BCUT2D eigenvalue weighted by molar-refractivity contribution is -0.134. The summed E-state index contributed by atoms with van der Waals surface area (Å²) in [4.78, 5) is 45.0. The van der Waals surface area contributed by atoms with Crippen molar-refractivity contribution >= 4 is 17.7 Å². The van der Waals surface area contributed by atoms with Gasteiger partial charge in [-0.05, 0) is 88.1 Å². The molecule has 0 saturated heterocycles. The number of aromatic nitrogens is 2. The van der Waals surface area contributed by atoms with Crippen LogP contribution in [-0.4, -0.2) is 43.8 Å². The zero-order chi connectivity index (χ0) is 33.0. The van der Waals surface area contributed by atoms with Gasteiger partial charge >= 0.3 is 0 Å². The van der Waals surface area contributed by atoms with E-state index in [1.54, 1.807) is 18.6 Å². The third-order valence-electron chi connectivity index (χ3n) is 6.97. The van der Waals surface area contributed by atoms with Crippen molar-refractivity contribution in [1.29, 1.82) is 0 Å².